The van der Waals surface area contributed by atoms with Crippen molar-refractivity contribution in [3.05, 3.63) is 94.2 Å². The van der Waals surface area contributed by atoms with Crippen molar-refractivity contribution in [1.29, 1.82) is 0 Å². The van der Waals surface area contributed by atoms with Gasteiger partial charge < -0.3 is 19.2 Å². The van der Waals surface area contributed by atoms with Crippen LogP contribution < -0.4 is 14.8 Å². The molecule has 1 amide bonds. The molecule has 32 heavy (non-hydrogen) atoms. The number of methoxy groups -OCH3 is 1. The fraction of sp³-hybridized carbons (Fsp3) is 0.130. The molecule has 4 aromatic rings. The van der Waals surface area contributed by atoms with Gasteiger partial charge in [-0.1, -0.05) is 18.2 Å². The van der Waals surface area contributed by atoms with Crippen molar-refractivity contribution < 1.29 is 23.1 Å². The maximum Gasteiger partial charge on any atom is 0.292 e. The Bertz CT molecular complexity index is 1220. The molecule has 0 radical (unpaired) electrons. The number of furan rings is 1. The smallest absolute Gasteiger partial charge is 0.292 e. The minimum Gasteiger partial charge on any atom is -0.497 e. The van der Waals surface area contributed by atoms with E-state index < -0.39 is 5.91 Å². The average molecular weight is 500 g/mol. The molecule has 9 heteroatoms. The number of rotatable bonds is 8. The number of anilines is 1. The lowest BCUT2D eigenvalue weighted by Gasteiger charge is -2.06. The fourth-order valence-electron chi connectivity index (χ4n) is 2.93. The van der Waals surface area contributed by atoms with Crippen LogP contribution >= 0.6 is 15.9 Å². The summed E-state index contributed by atoms with van der Waals surface area (Å²) in [6.45, 7) is 0.595. The summed E-state index contributed by atoms with van der Waals surface area (Å²) in [5.74, 6) is 1.56. The second kappa shape index (κ2) is 9.69. The van der Waals surface area contributed by atoms with Crippen LogP contribution in [0.1, 0.15) is 21.9 Å². The molecule has 0 fully saturated rings. The molecule has 2 heterocycles. The molecule has 2 aromatic heterocycles. The van der Waals surface area contributed by atoms with Crippen molar-refractivity contribution in [2.45, 2.75) is 13.2 Å². The number of hydrogen-bond acceptors (Lipinski definition) is 5. The number of benzene rings is 2. The van der Waals surface area contributed by atoms with E-state index >= 15 is 0 Å². The van der Waals surface area contributed by atoms with Crippen LogP contribution in [0, 0.1) is 5.82 Å². The van der Waals surface area contributed by atoms with Gasteiger partial charge in [0, 0.05) is 12.3 Å². The van der Waals surface area contributed by atoms with Gasteiger partial charge in [0.05, 0.1) is 18.1 Å². The van der Waals surface area contributed by atoms with Gasteiger partial charge in [-0.15, -0.1) is 0 Å². The van der Waals surface area contributed by atoms with E-state index in [1.54, 1.807) is 54.4 Å². The SMILES string of the molecule is COc1cccc(OCc2ccc(C(=O)Nc3nn(Cc4ccc(F)cc4)cc3Br)o2)c1. The second-order valence-corrected chi connectivity index (χ2v) is 7.69. The molecule has 0 aliphatic rings. The Morgan fingerprint density at radius 1 is 1.16 bits per heavy atom. The Morgan fingerprint density at radius 2 is 1.94 bits per heavy atom. The van der Waals surface area contributed by atoms with Gasteiger partial charge in [-0.25, -0.2) is 4.39 Å². The van der Waals surface area contributed by atoms with E-state index in [2.05, 4.69) is 26.3 Å². The third kappa shape index (κ3) is 5.36. The van der Waals surface area contributed by atoms with Gasteiger partial charge in [0.25, 0.3) is 5.91 Å². The number of carbonyl (C=O) groups is 1. The molecule has 0 unspecified atom stereocenters. The first kappa shape index (κ1) is 21.6. The first-order valence-electron chi connectivity index (χ1n) is 9.64. The van der Waals surface area contributed by atoms with Crippen LogP contribution in [0.4, 0.5) is 10.2 Å². The van der Waals surface area contributed by atoms with Gasteiger partial charge >= 0.3 is 0 Å². The number of nitrogens with one attached hydrogen (secondary N) is 1. The van der Waals surface area contributed by atoms with E-state index in [1.165, 1.54) is 12.1 Å². The molecule has 0 aliphatic carbocycles. The average Bonchev–Trinajstić information content (AvgIpc) is 3.41. The van der Waals surface area contributed by atoms with Crippen LogP contribution in [-0.4, -0.2) is 22.8 Å². The van der Waals surface area contributed by atoms with Crippen molar-refractivity contribution in [3.63, 3.8) is 0 Å². The predicted molar refractivity (Wildman–Crippen MR) is 119 cm³/mol. The summed E-state index contributed by atoms with van der Waals surface area (Å²) in [6.07, 6.45) is 1.73. The molecule has 4 rings (SSSR count). The molecular weight excluding hydrogens is 481 g/mol. The number of nitrogens with zero attached hydrogens (tertiary/aromatic N) is 2. The van der Waals surface area contributed by atoms with Crippen molar-refractivity contribution in [2.75, 3.05) is 12.4 Å². The maximum atomic E-state index is 13.1. The summed E-state index contributed by atoms with van der Waals surface area (Å²) >= 11 is 3.39. The van der Waals surface area contributed by atoms with E-state index in [9.17, 15) is 9.18 Å². The molecule has 1 N–H and O–H groups in total. The summed E-state index contributed by atoms with van der Waals surface area (Å²) in [5.41, 5.74) is 0.881. The highest BCUT2D eigenvalue weighted by Gasteiger charge is 2.16. The van der Waals surface area contributed by atoms with Gasteiger partial charge in [-0.2, -0.15) is 5.10 Å². The lowest BCUT2D eigenvalue weighted by Crippen LogP contribution is -2.12. The maximum absolute atomic E-state index is 13.1. The van der Waals surface area contributed by atoms with Crippen molar-refractivity contribution >= 4 is 27.7 Å². The predicted octanol–water partition coefficient (Wildman–Crippen LogP) is 5.27. The van der Waals surface area contributed by atoms with E-state index in [4.69, 9.17) is 13.9 Å². The highest BCUT2D eigenvalue weighted by Crippen LogP contribution is 2.23. The normalized spacial score (nSPS) is 10.7. The Balaban J connectivity index is 1.36. The number of aromatic nitrogens is 2. The van der Waals surface area contributed by atoms with Crippen LogP contribution in [0.25, 0.3) is 0 Å². The molecule has 0 bridgehead atoms. The Labute approximate surface area is 191 Å². The zero-order valence-electron chi connectivity index (χ0n) is 17.0. The van der Waals surface area contributed by atoms with Crippen molar-refractivity contribution in [1.82, 2.24) is 9.78 Å². The highest BCUT2D eigenvalue weighted by atomic mass is 79.9. The zero-order chi connectivity index (χ0) is 22.5. The molecule has 0 spiro atoms. The minimum absolute atomic E-state index is 0.134. The van der Waals surface area contributed by atoms with Crippen LogP contribution in [0.15, 0.2) is 75.8 Å². The van der Waals surface area contributed by atoms with E-state index in [0.29, 0.717) is 34.1 Å². The summed E-state index contributed by atoms with van der Waals surface area (Å²) in [5, 5.41) is 7.07. The van der Waals surface area contributed by atoms with Crippen LogP contribution in [0.2, 0.25) is 0 Å². The van der Waals surface area contributed by atoms with Gasteiger partial charge in [-0.05, 0) is 57.9 Å². The van der Waals surface area contributed by atoms with Crippen LogP contribution in [0.5, 0.6) is 11.5 Å². The van der Waals surface area contributed by atoms with Gasteiger partial charge in [0.15, 0.2) is 11.6 Å². The molecule has 164 valence electrons. The molecule has 0 aliphatic heterocycles. The molecule has 2 aromatic carbocycles. The number of hydrogen-bond donors (Lipinski definition) is 1. The first-order chi connectivity index (χ1) is 15.5. The molecular formula is C23H19BrFN3O4. The second-order valence-electron chi connectivity index (χ2n) is 6.84. The first-order valence-corrected chi connectivity index (χ1v) is 10.4. The number of carbonyl (C=O) groups excluding carboxylic acids is 1. The summed E-state index contributed by atoms with van der Waals surface area (Å²) in [4.78, 5) is 12.6. The fourth-order valence-corrected chi connectivity index (χ4v) is 3.35. The van der Waals surface area contributed by atoms with Gasteiger partial charge in [-0.3, -0.25) is 9.48 Å². The van der Waals surface area contributed by atoms with Crippen LogP contribution in [0.3, 0.4) is 0 Å². The third-order valence-corrected chi connectivity index (χ3v) is 5.09. The standard InChI is InChI=1S/C23H19BrFN3O4/c1-30-17-3-2-4-18(11-17)31-14-19-9-10-21(32-19)23(29)26-22-20(24)13-28(27-22)12-15-5-7-16(25)8-6-15/h2-11,13H,12,14H2,1H3,(H,26,27,29). The van der Waals surface area contributed by atoms with Gasteiger partial charge in [0.1, 0.15) is 29.7 Å². The summed E-state index contributed by atoms with van der Waals surface area (Å²) in [6, 6.07) is 16.6. The Morgan fingerprint density at radius 3 is 2.72 bits per heavy atom. The minimum atomic E-state index is -0.439. The largest absolute Gasteiger partial charge is 0.497 e. The monoisotopic (exact) mass is 499 g/mol. The lowest BCUT2D eigenvalue weighted by molar-refractivity contribution is 0.0992. The lowest BCUT2D eigenvalue weighted by atomic mass is 10.2. The number of ether oxygens (including phenoxy) is 2. The number of amides is 1. The van der Waals surface area contributed by atoms with Crippen molar-refractivity contribution in [3.8, 4) is 11.5 Å². The summed E-state index contributed by atoms with van der Waals surface area (Å²) in [7, 11) is 1.58. The van der Waals surface area contributed by atoms with E-state index in [1.807, 2.05) is 12.1 Å². The topological polar surface area (TPSA) is 78.5 Å². The van der Waals surface area contributed by atoms with Crippen LogP contribution in [-0.2, 0) is 13.2 Å². The van der Waals surface area contributed by atoms with Gasteiger partial charge in [0.2, 0.25) is 0 Å². The third-order valence-electron chi connectivity index (χ3n) is 4.51. The summed E-state index contributed by atoms with van der Waals surface area (Å²) < 4.78 is 31.8. The molecule has 7 nitrogen and oxygen atoms in total. The zero-order valence-corrected chi connectivity index (χ0v) is 18.6. The highest BCUT2D eigenvalue weighted by molar-refractivity contribution is 9.10. The Hall–Kier alpha value is -3.59. The quantitative estimate of drug-likeness (QED) is 0.357. The van der Waals surface area contributed by atoms with Crippen molar-refractivity contribution in [2.24, 2.45) is 0 Å². The Kier molecular flexibility index (Phi) is 6.55. The van der Waals surface area contributed by atoms with E-state index in [0.717, 1.165) is 5.56 Å². The number of halogens is 2. The molecule has 0 saturated heterocycles. The van der Waals surface area contributed by atoms with E-state index in [-0.39, 0.29) is 18.2 Å². The molecule has 0 saturated carbocycles. The molecule has 0 atom stereocenters.